The number of aliphatic hydroxyl groups excluding tert-OH is 1. The van der Waals surface area contributed by atoms with Crippen LogP contribution in [0.3, 0.4) is 0 Å². The minimum absolute atomic E-state index is 0.0468. The molecule has 6 heteroatoms. The first-order valence-electron chi connectivity index (χ1n) is 8.40. The fourth-order valence-corrected chi connectivity index (χ4v) is 2.88. The van der Waals surface area contributed by atoms with Crippen molar-refractivity contribution in [3.8, 4) is 5.69 Å². The third-order valence-corrected chi connectivity index (χ3v) is 4.24. The minimum atomic E-state index is -0.485. The highest BCUT2D eigenvalue weighted by Gasteiger charge is 2.13. The van der Waals surface area contributed by atoms with Crippen molar-refractivity contribution in [2.24, 2.45) is 0 Å². The molecule has 4 aromatic rings. The fraction of sp³-hybridized carbons (Fsp3) is 0.0476. The van der Waals surface area contributed by atoms with Crippen molar-refractivity contribution < 1.29 is 9.50 Å². The number of para-hydroxylation sites is 1. The molecule has 0 radical (unpaired) electrons. The van der Waals surface area contributed by atoms with Crippen LogP contribution in [0.4, 0.5) is 16.0 Å². The van der Waals surface area contributed by atoms with Crippen molar-refractivity contribution in [3.05, 3.63) is 94.5 Å². The summed E-state index contributed by atoms with van der Waals surface area (Å²) >= 11 is 0. The Morgan fingerprint density at radius 2 is 1.74 bits per heavy atom. The zero-order valence-electron chi connectivity index (χ0n) is 14.3. The molecule has 0 aliphatic carbocycles. The predicted molar refractivity (Wildman–Crippen MR) is 103 cm³/mol. The first-order valence-corrected chi connectivity index (χ1v) is 8.40. The number of nitrogens with one attached hydrogen (secondary N) is 1. The lowest BCUT2D eigenvalue weighted by Crippen LogP contribution is -2.22. The number of hydrogen-bond acceptors (Lipinski definition) is 4. The molecule has 2 N–H and O–H groups in total. The highest BCUT2D eigenvalue weighted by Crippen LogP contribution is 2.21. The lowest BCUT2D eigenvalue weighted by molar-refractivity contribution is 0.282. The molecule has 0 spiro atoms. The third kappa shape index (κ3) is 3.30. The van der Waals surface area contributed by atoms with Gasteiger partial charge >= 0.3 is 0 Å². The number of anilines is 2. The second-order valence-electron chi connectivity index (χ2n) is 6.05. The monoisotopic (exact) mass is 361 g/mol. The number of nitrogens with zero attached hydrogens (tertiary/aromatic N) is 2. The van der Waals surface area contributed by atoms with E-state index < -0.39 is 5.82 Å². The molecular formula is C21H16FN3O2. The van der Waals surface area contributed by atoms with Gasteiger partial charge in [0.15, 0.2) is 0 Å². The number of fused-ring (bicyclic) bond motifs is 1. The Kier molecular flexibility index (Phi) is 4.40. The van der Waals surface area contributed by atoms with Crippen LogP contribution < -0.4 is 10.9 Å². The van der Waals surface area contributed by atoms with E-state index in [1.54, 1.807) is 36.4 Å². The van der Waals surface area contributed by atoms with Crippen molar-refractivity contribution in [2.75, 3.05) is 5.32 Å². The molecule has 1 heterocycles. The summed E-state index contributed by atoms with van der Waals surface area (Å²) < 4.78 is 15.1. The van der Waals surface area contributed by atoms with Crippen LogP contribution in [0.1, 0.15) is 5.56 Å². The molecule has 3 aromatic carbocycles. The van der Waals surface area contributed by atoms with Crippen LogP contribution in [0, 0.1) is 5.82 Å². The zero-order chi connectivity index (χ0) is 18.8. The van der Waals surface area contributed by atoms with E-state index in [0.717, 1.165) is 5.56 Å². The zero-order valence-corrected chi connectivity index (χ0v) is 14.3. The van der Waals surface area contributed by atoms with Gasteiger partial charge in [-0.1, -0.05) is 30.3 Å². The van der Waals surface area contributed by atoms with Crippen LogP contribution >= 0.6 is 0 Å². The van der Waals surface area contributed by atoms with Crippen molar-refractivity contribution in [1.29, 1.82) is 0 Å². The molecule has 0 saturated heterocycles. The molecule has 0 fully saturated rings. The Hall–Kier alpha value is -3.51. The van der Waals surface area contributed by atoms with E-state index in [0.29, 0.717) is 22.8 Å². The van der Waals surface area contributed by atoms with Gasteiger partial charge in [0.25, 0.3) is 5.56 Å². The molecule has 0 bridgehead atoms. The lowest BCUT2D eigenvalue weighted by atomic mass is 10.2. The summed E-state index contributed by atoms with van der Waals surface area (Å²) in [4.78, 5) is 17.6. The topological polar surface area (TPSA) is 67.2 Å². The fourth-order valence-electron chi connectivity index (χ4n) is 2.88. The summed E-state index contributed by atoms with van der Waals surface area (Å²) in [7, 11) is 0. The van der Waals surface area contributed by atoms with E-state index in [9.17, 15) is 14.3 Å². The molecule has 1 aromatic heterocycles. The first-order chi connectivity index (χ1) is 13.2. The number of halogens is 1. The van der Waals surface area contributed by atoms with E-state index in [-0.39, 0.29) is 17.6 Å². The number of rotatable bonds is 4. The molecular weight excluding hydrogens is 345 g/mol. The summed E-state index contributed by atoms with van der Waals surface area (Å²) in [6.45, 7) is -0.0468. The van der Waals surface area contributed by atoms with Crippen molar-refractivity contribution in [1.82, 2.24) is 9.55 Å². The van der Waals surface area contributed by atoms with Crippen LogP contribution in [-0.2, 0) is 6.61 Å². The number of aliphatic hydroxyl groups is 1. The van der Waals surface area contributed by atoms with Gasteiger partial charge in [-0.25, -0.2) is 13.9 Å². The summed E-state index contributed by atoms with van der Waals surface area (Å²) in [5.74, 6) is -0.164. The van der Waals surface area contributed by atoms with Crippen molar-refractivity contribution >= 4 is 22.5 Å². The quantitative estimate of drug-likeness (QED) is 0.581. The molecule has 0 aliphatic rings. The summed E-state index contributed by atoms with van der Waals surface area (Å²) in [5.41, 5.74) is 2.16. The Balaban J connectivity index is 1.91. The standard InChI is InChI=1S/C21H16FN3O2/c22-15-8-11-19-18(12-15)20(27)25(17-4-2-1-3-5-17)21(24-19)23-16-9-6-14(13-26)7-10-16/h1-12,26H,13H2,(H,23,24). The minimum Gasteiger partial charge on any atom is -0.392 e. The number of aromatic nitrogens is 2. The number of hydrogen-bond donors (Lipinski definition) is 2. The Morgan fingerprint density at radius 3 is 2.44 bits per heavy atom. The molecule has 0 saturated carbocycles. The van der Waals surface area contributed by atoms with Crippen LogP contribution in [0.15, 0.2) is 77.6 Å². The van der Waals surface area contributed by atoms with Crippen molar-refractivity contribution in [2.45, 2.75) is 6.61 Å². The normalized spacial score (nSPS) is 10.9. The van der Waals surface area contributed by atoms with Crippen LogP contribution in [0.25, 0.3) is 16.6 Å². The van der Waals surface area contributed by atoms with E-state index in [4.69, 9.17) is 0 Å². The highest BCUT2D eigenvalue weighted by molar-refractivity contribution is 5.80. The van der Waals surface area contributed by atoms with Gasteiger partial charge in [0.2, 0.25) is 5.95 Å². The maximum absolute atomic E-state index is 13.7. The van der Waals surface area contributed by atoms with Gasteiger partial charge < -0.3 is 10.4 Å². The average Bonchev–Trinajstić information content (AvgIpc) is 2.70. The second kappa shape index (κ2) is 7.01. The average molecular weight is 361 g/mol. The van der Waals surface area contributed by atoms with Crippen LogP contribution in [-0.4, -0.2) is 14.7 Å². The van der Waals surface area contributed by atoms with E-state index >= 15 is 0 Å². The van der Waals surface area contributed by atoms with Gasteiger partial charge in [-0.3, -0.25) is 4.79 Å². The molecule has 27 heavy (non-hydrogen) atoms. The maximum atomic E-state index is 13.7. The highest BCUT2D eigenvalue weighted by atomic mass is 19.1. The summed E-state index contributed by atoms with van der Waals surface area (Å²) in [5, 5.41) is 12.5. The Bertz CT molecular complexity index is 1160. The van der Waals surface area contributed by atoms with E-state index in [2.05, 4.69) is 10.3 Å². The smallest absolute Gasteiger partial charge is 0.267 e. The van der Waals surface area contributed by atoms with E-state index in [1.165, 1.54) is 22.8 Å². The summed E-state index contributed by atoms with van der Waals surface area (Å²) in [6, 6.07) is 20.2. The maximum Gasteiger partial charge on any atom is 0.267 e. The van der Waals surface area contributed by atoms with Gasteiger partial charge in [0.05, 0.1) is 23.2 Å². The SMILES string of the molecule is O=c1c2cc(F)ccc2nc(Nc2ccc(CO)cc2)n1-c1ccccc1. The third-order valence-electron chi connectivity index (χ3n) is 4.24. The van der Waals surface area contributed by atoms with Gasteiger partial charge in [0, 0.05) is 5.69 Å². The molecule has 0 unspecified atom stereocenters. The van der Waals surface area contributed by atoms with Gasteiger partial charge in [-0.15, -0.1) is 0 Å². The largest absolute Gasteiger partial charge is 0.392 e. The Labute approximate surface area is 154 Å². The number of benzene rings is 3. The molecule has 0 aliphatic heterocycles. The first kappa shape index (κ1) is 16.9. The predicted octanol–water partition coefficient (Wildman–Crippen LogP) is 3.76. The van der Waals surface area contributed by atoms with Gasteiger partial charge in [-0.05, 0) is 48.0 Å². The second-order valence-corrected chi connectivity index (χ2v) is 6.05. The van der Waals surface area contributed by atoms with Crippen LogP contribution in [0.5, 0.6) is 0 Å². The van der Waals surface area contributed by atoms with Crippen LogP contribution in [0.2, 0.25) is 0 Å². The van der Waals surface area contributed by atoms with Gasteiger partial charge in [0.1, 0.15) is 5.82 Å². The molecule has 134 valence electrons. The van der Waals surface area contributed by atoms with E-state index in [1.807, 2.05) is 18.2 Å². The Morgan fingerprint density at radius 1 is 1.00 bits per heavy atom. The molecule has 4 rings (SSSR count). The lowest BCUT2D eigenvalue weighted by Gasteiger charge is -2.15. The molecule has 0 atom stereocenters. The van der Waals surface area contributed by atoms with Crippen molar-refractivity contribution in [3.63, 3.8) is 0 Å². The summed E-state index contributed by atoms with van der Waals surface area (Å²) in [6.07, 6.45) is 0. The molecule has 0 amide bonds. The van der Waals surface area contributed by atoms with Gasteiger partial charge in [-0.2, -0.15) is 0 Å². The molecule has 5 nitrogen and oxygen atoms in total.